The number of carbonyl (C=O) groups excluding carboxylic acids is 1. The van der Waals surface area contributed by atoms with E-state index >= 15 is 0 Å². The van der Waals surface area contributed by atoms with Gasteiger partial charge in [-0.3, -0.25) is 0 Å². The van der Waals surface area contributed by atoms with Crippen LogP contribution in [0.3, 0.4) is 0 Å². The summed E-state index contributed by atoms with van der Waals surface area (Å²) >= 11 is 0. The van der Waals surface area contributed by atoms with E-state index in [1.54, 1.807) is 12.1 Å². The van der Waals surface area contributed by atoms with Gasteiger partial charge in [0, 0.05) is 6.61 Å². The highest BCUT2D eigenvalue weighted by atomic mass is 16.5. The smallest absolute Gasteiger partial charge is 0.343 e. The lowest BCUT2D eigenvalue weighted by Crippen LogP contribution is -2.09. The van der Waals surface area contributed by atoms with Gasteiger partial charge in [0.25, 0.3) is 0 Å². The zero-order valence-corrected chi connectivity index (χ0v) is 27.2. The van der Waals surface area contributed by atoms with Crippen molar-refractivity contribution < 1.29 is 19.0 Å². The topological polar surface area (TPSA) is 44.8 Å². The van der Waals surface area contributed by atoms with E-state index < -0.39 is 0 Å². The van der Waals surface area contributed by atoms with Crippen molar-refractivity contribution in [2.45, 2.75) is 149 Å². The average molecular weight is 581 g/mol. The molecule has 0 aromatic heterocycles. The fraction of sp³-hybridized carbons (Fsp3) is 0.658. The number of carbonyl (C=O) groups is 1. The molecule has 0 aliphatic carbocycles. The molecular formula is C38H60O4. The summed E-state index contributed by atoms with van der Waals surface area (Å²) in [6.45, 7) is 7.98. The molecule has 1 unspecified atom stereocenters. The molecule has 42 heavy (non-hydrogen) atoms. The first kappa shape index (κ1) is 35.9. The molecule has 0 spiro atoms. The number of ether oxygens (including phenoxy) is 3. The SMILES string of the molecule is CCCCCCCCCCCCCCCCCCCOC(C)c1ccc(OC(=O)c2ccc(OCCCC)cc2)cc1. The van der Waals surface area contributed by atoms with E-state index in [1.165, 1.54) is 103 Å². The molecule has 0 aliphatic heterocycles. The van der Waals surface area contributed by atoms with Gasteiger partial charge in [0.15, 0.2) is 0 Å². The first-order valence-corrected chi connectivity index (χ1v) is 17.3. The van der Waals surface area contributed by atoms with Crippen LogP contribution >= 0.6 is 0 Å². The second-order valence-electron chi connectivity index (χ2n) is 11.9. The normalized spacial score (nSPS) is 11.9. The molecule has 4 heteroatoms. The van der Waals surface area contributed by atoms with Crippen molar-refractivity contribution in [3.05, 3.63) is 59.7 Å². The Balaban J connectivity index is 1.46. The molecule has 0 N–H and O–H groups in total. The Morgan fingerprint density at radius 2 is 1.00 bits per heavy atom. The van der Waals surface area contributed by atoms with Crippen molar-refractivity contribution in [2.24, 2.45) is 0 Å². The minimum Gasteiger partial charge on any atom is -0.494 e. The van der Waals surface area contributed by atoms with Gasteiger partial charge in [-0.2, -0.15) is 0 Å². The number of hydrogen-bond acceptors (Lipinski definition) is 4. The highest BCUT2D eigenvalue weighted by Crippen LogP contribution is 2.22. The molecule has 0 saturated carbocycles. The summed E-state index contributed by atoms with van der Waals surface area (Å²) in [6, 6.07) is 14.7. The maximum absolute atomic E-state index is 12.5. The van der Waals surface area contributed by atoms with E-state index in [4.69, 9.17) is 14.2 Å². The number of esters is 1. The number of benzene rings is 2. The van der Waals surface area contributed by atoms with Crippen LogP contribution in [-0.4, -0.2) is 19.2 Å². The second kappa shape index (κ2) is 24.1. The van der Waals surface area contributed by atoms with Crippen LogP contribution in [0.25, 0.3) is 0 Å². The summed E-state index contributed by atoms with van der Waals surface area (Å²) < 4.78 is 17.3. The fourth-order valence-corrected chi connectivity index (χ4v) is 5.18. The van der Waals surface area contributed by atoms with Crippen LogP contribution < -0.4 is 9.47 Å². The second-order valence-corrected chi connectivity index (χ2v) is 11.9. The molecule has 1 atom stereocenters. The highest BCUT2D eigenvalue weighted by Gasteiger charge is 2.11. The molecular weight excluding hydrogens is 520 g/mol. The number of hydrogen-bond donors (Lipinski definition) is 0. The van der Waals surface area contributed by atoms with Crippen LogP contribution in [0.4, 0.5) is 0 Å². The zero-order chi connectivity index (χ0) is 30.1. The maximum Gasteiger partial charge on any atom is 0.343 e. The molecule has 2 rings (SSSR count). The van der Waals surface area contributed by atoms with Gasteiger partial charge in [-0.1, -0.05) is 135 Å². The first-order valence-electron chi connectivity index (χ1n) is 17.3. The third kappa shape index (κ3) is 16.9. The standard InChI is InChI=1S/C38H60O4/c1-4-6-8-9-10-11-12-13-14-15-16-17-18-19-20-21-22-32-40-33(3)34-23-29-37(30-24-34)42-38(39)35-25-27-36(28-26-35)41-31-7-5-2/h23-30,33H,4-22,31-32H2,1-3H3. The molecule has 2 aromatic rings. The molecule has 0 bridgehead atoms. The van der Waals surface area contributed by atoms with Crippen molar-refractivity contribution in [3.63, 3.8) is 0 Å². The highest BCUT2D eigenvalue weighted by molar-refractivity contribution is 5.91. The predicted octanol–water partition coefficient (Wildman–Crippen LogP) is 11.8. The average Bonchev–Trinajstić information content (AvgIpc) is 3.01. The van der Waals surface area contributed by atoms with Gasteiger partial charge >= 0.3 is 5.97 Å². The summed E-state index contributed by atoms with van der Waals surface area (Å²) in [4.78, 5) is 12.5. The van der Waals surface area contributed by atoms with Crippen LogP contribution in [0, 0.1) is 0 Å². The maximum atomic E-state index is 12.5. The predicted molar refractivity (Wildman–Crippen MR) is 177 cm³/mol. The Bertz CT molecular complexity index is 906. The fourth-order valence-electron chi connectivity index (χ4n) is 5.18. The van der Waals surface area contributed by atoms with Gasteiger partial charge in [-0.15, -0.1) is 0 Å². The summed E-state index contributed by atoms with van der Waals surface area (Å²) in [6.07, 6.45) is 25.6. The quantitative estimate of drug-likeness (QED) is 0.0630. The number of unbranched alkanes of at least 4 members (excludes halogenated alkanes) is 17. The third-order valence-corrected chi connectivity index (χ3v) is 8.03. The Labute approximate surface area is 257 Å². The lowest BCUT2D eigenvalue weighted by Gasteiger charge is -2.14. The van der Waals surface area contributed by atoms with Crippen molar-refractivity contribution >= 4 is 5.97 Å². The molecule has 2 aromatic carbocycles. The van der Waals surface area contributed by atoms with E-state index in [9.17, 15) is 4.79 Å². The lowest BCUT2D eigenvalue weighted by atomic mass is 10.0. The van der Waals surface area contributed by atoms with Crippen molar-refractivity contribution in [2.75, 3.05) is 13.2 Å². The van der Waals surface area contributed by atoms with E-state index in [0.717, 1.165) is 37.2 Å². The van der Waals surface area contributed by atoms with Gasteiger partial charge in [0.2, 0.25) is 0 Å². The lowest BCUT2D eigenvalue weighted by molar-refractivity contribution is 0.0627. The van der Waals surface area contributed by atoms with Gasteiger partial charge in [0.1, 0.15) is 11.5 Å². The summed E-state index contributed by atoms with van der Waals surface area (Å²) in [5.74, 6) is 0.937. The van der Waals surface area contributed by atoms with Crippen LogP contribution in [-0.2, 0) is 4.74 Å². The van der Waals surface area contributed by atoms with E-state index in [1.807, 2.05) is 36.4 Å². The van der Waals surface area contributed by atoms with Gasteiger partial charge in [-0.25, -0.2) is 4.79 Å². The van der Waals surface area contributed by atoms with Gasteiger partial charge in [0.05, 0.1) is 18.3 Å². The third-order valence-electron chi connectivity index (χ3n) is 8.03. The molecule has 0 aliphatic rings. The monoisotopic (exact) mass is 580 g/mol. The van der Waals surface area contributed by atoms with E-state index in [-0.39, 0.29) is 12.1 Å². The number of rotatable bonds is 26. The summed E-state index contributed by atoms with van der Waals surface area (Å²) in [5.41, 5.74) is 1.60. The van der Waals surface area contributed by atoms with Gasteiger partial charge < -0.3 is 14.2 Å². The van der Waals surface area contributed by atoms with Crippen molar-refractivity contribution in [1.29, 1.82) is 0 Å². The first-order chi connectivity index (χ1) is 20.6. The Kier molecular flexibility index (Phi) is 20.6. The Hall–Kier alpha value is -2.33. The molecule has 0 heterocycles. The molecule has 236 valence electrons. The van der Waals surface area contributed by atoms with Crippen molar-refractivity contribution in [1.82, 2.24) is 0 Å². The minimum atomic E-state index is -0.369. The van der Waals surface area contributed by atoms with Gasteiger partial charge in [-0.05, 0) is 61.7 Å². The van der Waals surface area contributed by atoms with Crippen LogP contribution in [0.15, 0.2) is 48.5 Å². The van der Waals surface area contributed by atoms with Crippen LogP contribution in [0.1, 0.15) is 165 Å². The molecule has 0 fully saturated rings. The summed E-state index contributed by atoms with van der Waals surface area (Å²) in [5, 5.41) is 0. The van der Waals surface area contributed by atoms with Crippen molar-refractivity contribution in [3.8, 4) is 11.5 Å². The zero-order valence-electron chi connectivity index (χ0n) is 27.2. The largest absolute Gasteiger partial charge is 0.494 e. The Morgan fingerprint density at radius 1 is 0.548 bits per heavy atom. The summed E-state index contributed by atoms with van der Waals surface area (Å²) in [7, 11) is 0. The Morgan fingerprint density at radius 3 is 1.50 bits per heavy atom. The molecule has 4 nitrogen and oxygen atoms in total. The van der Waals surface area contributed by atoms with Crippen LogP contribution in [0.2, 0.25) is 0 Å². The van der Waals surface area contributed by atoms with Crippen LogP contribution in [0.5, 0.6) is 11.5 Å². The minimum absolute atomic E-state index is 0.0241. The molecule has 0 amide bonds. The van der Waals surface area contributed by atoms with E-state index in [0.29, 0.717) is 17.9 Å². The molecule has 0 radical (unpaired) electrons. The van der Waals surface area contributed by atoms with E-state index in [2.05, 4.69) is 20.8 Å². The molecule has 0 saturated heterocycles.